The van der Waals surface area contributed by atoms with Crippen LogP contribution in [0.15, 0.2) is 18.2 Å². The predicted molar refractivity (Wildman–Crippen MR) is 79.0 cm³/mol. The average molecular weight is 264 g/mol. The second-order valence-electron chi connectivity index (χ2n) is 6.37. The van der Waals surface area contributed by atoms with Gasteiger partial charge >= 0.3 is 0 Å². The number of carbonyl (C=O) groups is 1. The molecule has 0 atom stereocenters. The number of hydrogen-bond donors (Lipinski definition) is 0. The summed E-state index contributed by atoms with van der Waals surface area (Å²) < 4.78 is 6.31. The lowest BCUT2D eigenvalue weighted by Crippen LogP contribution is -2.44. The number of aryl methyl sites for hydroxylation is 1. The van der Waals surface area contributed by atoms with Crippen LogP contribution in [0, 0.1) is 6.92 Å². The Morgan fingerprint density at radius 1 is 1.22 bits per heavy atom. The number of benzene rings is 1. The number of carbonyl (C=O) groups excluding carboxylic acids is 1. The predicted octanol–water partition coefficient (Wildman–Crippen LogP) is 4.58. The minimum Gasteiger partial charge on any atom is -0.543 e. The van der Waals surface area contributed by atoms with Crippen molar-refractivity contribution in [3.63, 3.8) is 0 Å². The quantitative estimate of drug-likeness (QED) is 0.590. The lowest BCUT2D eigenvalue weighted by molar-refractivity contribution is 0.101. The summed E-state index contributed by atoms with van der Waals surface area (Å²) in [4.78, 5) is 11.7. The molecule has 2 nitrogen and oxygen atoms in total. The minimum absolute atomic E-state index is 0.0624. The number of ketones is 1. The Morgan fingerprint density at radius 2 is 1.78 bits per heavy atom. The molecule has 0 bridgehead atoms. The molecular formula is C15H24O2Si. The van der Waals surface area contributed by atoms with E-state index >= 15 is 0 Å². The van der Waals surface area contributed by atoms with Crippen molar-refractivity contribution in [3.8, 4) is 5.75 Å². The van der Waals surface area contributed by atoms with Crippen molar-refractivity contribution < 1.29 is 9.22 Å². The van der Waals surface area contributed by atoms with Crippen molar-refractivity contribution in [2.45, 2.75) is 52.8 Å². The molecule has 0 unspecified atom stereocenters. The van der Waals surface area contributed by atoms with E-state index in [0.717, 1.165) is 11.3 Å². The summed E-state index contributed by atoms with van der Waals surface area (Å²) in [5.74, 6) is 0.837. The van der Waals surface area contributed by atoms with Crippen LogP contribution in [-0.2, 0) is 0 Å². The van der Waals surface area contributed by atoms with Gasteiger partial charge in [0.1, 0.15) is 5.75 Å². The lowest BCUT2D eigenvalue weighted by atomic mass is 10.1. The van der Waals surface area contributed by atoms with Gasteiger partial charge in [-0.25, -0.2) is 0 Å². The maximum absolute atomic E-state index is 11.7. The molecule has 0 heterocycles. The van der Waals surface area contributed by atoms with Gasteiger partial charge in [-0.05, 0) is 43.6 Å². The van der Waals surface area contributed by atoms with E-state index in [9.17, 15) is 4.79 Å². The molecule has 1 aromatic carbocycles. The molecule has 0 aliphatic carbocycles. The van der Waals surface area contributed by atoms with Gasteiger partial charge in [-0.1, -0.05) is 32.9 Å². The van der Waals surface area contributed by atoms with Crippen LogP contribution in [0.3, 0.4) is 0 Å². The van der Waals surface area contributed by atoms with Crippen LogP contribution in [0.1, 0.15) is 43.6 Å². The van der Waals surface area contributed by atoms with Crippen molar-refractivity contribution in [1.29, 1.82) is 0 Å². The van der Waals surface area contributed by atoms with E-state index in [0.29, 0.717) is 5.56 Å². The third kappa shape index (κ3) is 3.02. The van der Waals surface area contributed by atoms with Crippen molar-refractivity contribution in [3.05, 3.63) is 29.3 Å². The van der Waals surface area contributed by atoms with Crippen LogP contribution in [0.4, 0.5) is 0 Å². The summed E-state index contributed by atoms with van der Waals surface area (Å²) in [7, 11) is -1.91. The summed E-state index contributed by atoms with van der Waals surface area (Å²) >= 11 is 0. The molecule has 0 aliphatic rings. The fraction of sp³-hybridized carbons (Fsp3) is 0.533. The fourth-order valence-corrected chi connectivity index (χ4v) is 2.56. The van der Waals surface area contributed by atoms with Crippen molar-refractivity contribution in [1.82, 2.24) is 0 Å². The van der Waals surface area contributed by atoms with Crippen molar-refractivity contribution in [2.24, 2.45) is 0 Å². The third-order valence-corrected chi connectivity index (χ3v) is 8.08. The van der Waals surface area contributed by atoms with Crippen LogP contribution in [0.2, 0.25) is 18.1 Å². The van der Waals surface area contributed by atoms with Gasteiger partial charge in [-0.2, -0.15) is 0 Å². The van der Waals surface area contributed by atoms with Crippen LogP contribution in [0.5, 0.6) is 5.75 Å². The standard InChI is InChI=1S/C15H24O2Si/c1-11-9-8-10-13(12(2)16)14(11)17-18(6,7)15(3,4)5/h8-10H,1-7H3. The van der Waals surface area contributed by atoms with E-state index < -0.39 is 8.32 Å². The van der Waals surface area contributed by atoms with E-state index in [1.54, 1.807) is 6.92 Å². The van der Waals surface area contributed by atoms with Gasteiger partial charge in [-0.3, -0.25) is 4.79 Å². The molecule has 0 amide bonds. The van der Waals surface area contributed by atoms with Gasteiger partial charge in [0.15, 0.2) is 5.78 Å². The Kier molecular flexibility index (Phi) is 4.06. The molecule has 0 N–H and O–H groups in total. The SMILES string of the molecule is CC(=O)c1cccc(C)c1O[Si](C)(C)C(C)(C)C. The molecule has 18 heavy (non-hydrogen) atoms. The summed E-state index contributed by atoms with van der Waals surface area (Å²) in [5, 5.41) is 0.128. The van der Waals surface area contributed by atoms with Crippen molar-refractivity contribution >= 4 is 14.1 Å². The lowest BCUT2D eigenvalue weighted by Gasteiger charge is -2.37. The molecule has 0 radical (unpaired) electrons. The van der Waals surface area contributed by atoms with Crippen LogP contribution in [0.25, 0.3) is 0 Å². The molecular weight excluding hydrogens is 240 g/mol. The Labute approximate surface area is 111 Å². The Morgan fingerprint density at radius 3 is 2.22 bits per heavy atom. The van der Waals surface area contributed by atoms with Gasteiger partial charge < -0.3 is 4.43 Å². The van der Waals surface area contributed by atoms with Gasteiger partial charge in [0, 0.05) is 0 Å². The first-order valence-corrected chi connectivity index (χ1v) is 9.26. The topological polar surface area (TPSA) is 26.3 Å². The summed E-state index contributed by atoms with van der Waals surface area (Å²) in [5.41, 5.74) is 1.73. The molecule has 0 saturated carbocycles. The van der Waals surface area contributed by atoms with Gasteiger partial charge in [0.25, 0.3) is 8.32 Å². The molecule has 3 heteroatoms. The van der Waals surface area contributed by atoms with E-state index in [1.807, 2.05) is 25.1 Å². The highest BCUT2D eigenvalue weighted by atomic mass is 28.4. The maximum atomic E-state index is 11.7. The summed E-state index contributed by atoms with van der Waals surface area (Å²) in [6, 6.07) is 5.75. The number of Topliss-reactive ketones (excluding diaryl/α,β-unsaturated/α-hetero) is 1. The zero-order chi connectivity index (χ0) is 14.1. The fourth-order valence-electron chi connectivity index (χ4n) is 1.47. The van der Waals surface area contributed by atoms with E-state index in [-0.39, 0.29) is 10.8 Å². The summed E-state index contributed by atoms with van der Waals surface area (Å²) in [6.45, 7) is 14.6. The van der Waals surface area contributed by atoms with Gasteiger partial charge in [-0.15, -0.1) is 0 Å². The maximum Gasteiger partial charge on any atom is 0.250 e. The highest BCUT2D eigenvalue weighted by molar-refractivity contribution is 6.74. The zero-order valence-corrected chi connectivity index (χ0v) is 13.5. The zero-order valence-electron chi connectivity index (χ0n) is 12.5. The first-order chi connectivity index (χ1) is 8.06. The normalized spacial score (nSPS) is 12.4. The molecule has 1 rings (SSSR count). The van der Waals surface area contributed by atoms with Gasteiger partial charge in [0.2, 0.25) is 0 Å². The second-order valence-corrected chi connectivity index (χ2v) is 11.1. The molecule has 0 aromatic heterocycles. The molecule has 1 aromatic rings. The smallest absolute Gasteiger partial charge is 0.250 e. The number of hydrogen-bond acceptors (Lipinski definition) is 2. The number of rotatable bonds is 3. The molecule has 0 spiro atoms. The Hall–Kier alpha value is -1.09. The molecule has 100 valence electrons. The monoisotopic (exact) mass is 264 g/mol. The Bertz CT molecular complexity index is 456. The van der Waals surface area contributed by atoms with E-state index in [1.165, 1.54) is 0 Å². The minimum atomic E-state index is -1.91. The van der Waals surface area contributed by atoms with E-state index in [2.05, 4.69) is 33.9 Å². The highest BCUT2D eigenvalue weighted by Crippen LogP contribution is 2.39. The molecule has 0 fully saturated rings. The van der Waals surface area contributed by atoms with Gasteiger partial charge in [0.05, 0.1) is 5.56 Å². The van der Waals surface area contributed by atoms with Crippen LogP contribution in [-0.4, -0.2) is 14.1 Å². The third-order valence-electron chi connectivity index (χ3n) is 3.75. The van der Waals surface area contributed by atoms with Crippen molar-refractivity contribution in [2.75, 3.05) is 0 Å². The average Bonchev–Trinajstić information content (AvgIpc) is 2.18. The first-order valence-electron chi connectivity index (χ1n) is 6.36. The molecule has 0 saturated heterocycles. The van der Waals surface area contributed by atoms with Crippen LogP contribution < -0.4 is 4.43 Å². The summed E-state index contributed by atoms with van der Waals surface area (Å²) in [6.07, 6.45) is 0. The second kappa shape index (κ2) is 4.88. The Balaban J connectivity index is 3.23. The number of para-hydroxylation sites is 1. The molecule has 0 aliphatic heterocycles. The highest BCUT2D eigenvalue weighted by Gasteiger charge is 2.39. The first kappa shape index (κ1) is 15.0. The van der Waals surface area contributed by atoms with Crippen LogP contribution >= 0.6 is 0 Å². The largest absolute Gasteiger partial charge is 0.543 e. The van der Waals surface area contributed by atoms with E-state index in [4.69, 9.17) is 4.43 Å².